The number of hydrogen-bond donors (Lipinski definition) is 0. The molecule has 0 aliphatic carbocycles. The van der Waals surface area contributed by atoms with Gasteiger partial charge in [-0.25, -0.2) is 0 Å². The first-order valence-corrected chi connectivity index (χ1v) is 6.79. The second kappa shape index (κ2) is 7.04. The van der Waals surface area contributed by atoms with Gasteiger partial charge in [-0.05, 0) is 38.1 Å². The molecule has 1 saturated heterocycles. The highest BCUT2D eigenvalue weighted by atomic mass is 16.2. The lowest BCUT2D eigenvalue weighted by Crippen LogP contribution is -2.25. The van der Waals surface area contributed by atoms with Gasteiger partial charge in [0, 0.05) is 25.9 Å². The fourth-order valence-electron chi connectivity index (χ4n) is 2.21. The Kier molecular flexibility index (Phi) is 5.10. The van der Waals surface area contributed by atoms with Crippen LogP contribution in [0.15, 0.2) is 36.5 Å². The highest BCUT2D eigenvalue weighted by Crippen LogP contribution is 2.06. The lowest BCUT2D eigenvalue weighted by molar-refractivity contribution is -0.125. The first-order valence-electron chi connectivity index (χ1n) is 6.79. The average molecular weight is 259 g/mol. The Morgan fingerprint density at radius 1 is 1.42 bits per heavy atom. The van der Waals surface area contributed by atoms with Crippen molar-refractivity contribution in [1.29, 1.82) is 0 Å². The molecule has 1 aromatic rings. The number of pyridine rings is 1. The summed E-state index contributed by atoms with van der Waals surface area (Å²) in [6.07, 6.45) is 7.93. The van der Waals surface area contributed by atoms with Gasteiger partial charge in [-0.3, -0.25) is 14.7 Å². The molecule has 1 fully saturated rings. The minimum Gasteiger partial charge on any atom is -0.336 e. The van der Waals surface area contributed by atoms with Gasteiger partial charge >= 0.3 is 0 Å². The summed E-state index contributed by atoms with van der Waals surface area (Å²) in [7, 11) is 1.80. The second-order valence-electron chi connectivity index (χ2n) is 4.93. The van der Waals surface area contributed by atoms with Crippen LogP contribution in [0.1, 0.15) is 18.5 Å². The molecule has 2 heterocycles. The van der Waals surface area contributed by atoms with Crippen molar-refractivity contribution >= 4 is 5.91 Å². The number of likely N-dealkylation sites (tertiary alicyclic amines) is 1. The van der Waals surface area contributed by atoms with E-state index in [2.05, 4.69) is 9.88 Å². The number of aromatic nitrogens is 1. The number of carbonyl (C=O) groups is 1. The Morgan fingerprint density at radius 3 is 2.89 bits per heavy atom. The van der Waals surface area contributed by atoms with Crippen LogP contribution in [0.25, 0.3) is 0 Å². The molecule has 0 radical (unpaired) electrons. The standard InChI is InChI=1S/C15H21N3O/c1-17(13-14-7-2-3-9-16-14)15(19)8-6-12-18-10-4-5-11-18/h2-3,6-9H,4-5,10-13H2,1H3/b8-6+. The third-order valence-electron chi connectivity index (χ3n) is 3.32. The maximum Gasteiger partial charge on any atom is 0.246 e. The zero-order valence-corrected chi connectivity index (χ0v) is 11.5. The molecule has 0 bridgehead atoms. The molecule has 2 rings (SSSR count). The van der Waals surface area contributed by atoms with Gasteiger partial charge in [0.2, 0.25) is 5.91 Å². The molecule has 1 aromatic heterocycles. The van der Waals surface area contributed by atoms with Gasteiger partial charge < -0.3 is 4.90 Å². The molecule has 4 heteroatoms. The molecule has 0 atom stereocenters. The Balaban J connectivity index is 1.77. The number of nitrogens with zero attached hydrogens (tertiary/aromatic N) is 3. The van der Waals surface area contributed by atoms with Crippen molar-refractivity contribution in [3.8, 4) is 0 Å². The first kappa shape index (κ1) is 13.7. The number of carbonyl (C=O) groups excluding carboxylic acids is 1. The summed E-state index contributed by atoms with van der Waals surface area (Å²) >= 11 is 0. The van der Waals surface area contributed by atoms with Crippen LogP contribution in [-0.2, 0) is 11.3 Å². The van der Waals surface area contributed by atoms with Crippen molar-refractivity contribution in [3.05, 3.63) is 42.2 Å². The van der Waals surface area contributed by atoms with Crippen LogP contribution in [0.3, 0.4) is 0 Å². The van der Waals surface area contributed by atoms with Gasteiger partial charge in [-0.1, -0.05) is 12.1 Å². The summed E-state index contributed by atoms with van der Waals surface area (Å²) in [6.45, 7) is 3.74. The third-order valence-corrected chi connectivity index (χ3v) is 3.32. The number of likely N-dealkylation sites (N-methyl/N-ethyl adjacent to an activating group) is 1. The van der Waals surface area contributed by atoms with E-state index in [1.165, 1.54) is 12.8 Å². The van der Waals surface area contributed by atoms with E-state index in [9.17, 15) is 4.79 Å². The van der Waals surface area contributed by atoms with Gasteiger partial charge in [-0.15, -0.1) is 0 Å². The van der Waals surface area contributed by atoms with Crippen molar-refractivity contribution in [2.45, 2.75) is 19.4 Å². The van der Waals surface area contributed by atoms with E-state index >= 15 is 0 Å². The highest BCUT2D eigenvalue weighted by molar-refractivity contribution is 5.87. The van der Waals surface area contributed by atoms with Crippen molar-refractivity contribution < 1.29 is 4.79 Å². The molecule has 19 heavy (non-hydrogen) atoms. The van der Waals surface area contributed by atoms with Crippen LogP contribution < -0.4 is 0 Å². The van der Waals surface area contributed by atoms with Crippen molar-refractivity contribution in [2.24, 2.45) is 0 Å². The summed E-state index contributed by atoms with van der Waals surface area (Å²) in [4.78, 5) is 20.2. The van der Waals surface area contributed by atoms with Gasteiger partial charge in [0.05, 0.1) is 12.2 Å². The fourth-order valence-corrected chi connectivity index (χ4v) is 2.21. The van der Waals surface area contributed by atoms with E-state index in [0.29, 0.717) is 6.54 Å². The molecule has 0 aromatic carbocycles. The van der Waals surface area contributed by atoms with E-state index in [1.54, 1.807) is 24.2 Å². The molecule has 1 aliphatic rings. The monoisotopic (exact) mass is 259 g/mol. The van der Waals surface area contributed by atoms with Crippen molar-refractivity contribution in [1.82, 2.24) is 14.8 Å². The smallest absolute Gasteiger partial charge is 0.246 e. The van der Waals surface area contributed by atoms with Crippen LogP contribution in [0.2, 0.25) is 0 Å². The normalized spacial score (nSPS) is 16.1. The van der Waals surface area contributed by atoms with Crippen LogP contribution in [0, 0.1) is 0 Å². The first-order chi connectivity index (χ1) is 9.25. The topological polar surface area (TPSA) is 36.4 Å². The molecule has 1 amide bonds. The van der Waals surface area contributed by atoms with Gasteiger partial charge in [0.15, 0.2) is 0 Å². The SMILES string of the molecule is CN(Cc1ccccn1)C(=O)/C=C/CN1CCCC1. The quantitative estimate of drug-likeness (QED) is 0.755. The maximum absolute atomic E-state index is 11.9. The minimum atomic E-state index is 0.0323. The summed E-state index contributed by atoms with van der Waals surface area (Å²) < 4.78 is 0. The molecular formula is C15H21N3O. The van der Waals surface area contributed by atoms with E-state index in [4.69, 9.17) is 0 Å². The zero-order valence-electron chi connectivity index (χ0n) is 11.5. The molecule has 0 N–H and O–H groups in total. The molecule has 102 valence electrons. The van der Waals surface area contributed by atoms with Crippen LogP contribution in [0.4, 0.5) is 0 Å². The molecule has 4 nitrogen and oxygen atoms in total. The zero-order chi connectivity index (χ0) is 13.5. The minimum absolute atomic E-state index is 0.0323. The summed E-state index contributed by atoms with van der Waals surface area (Å²) in [5, 5.41) is 0. The van der Waals surface area contributed by atoms with E-state index in [-0.39, 0.29) is 5.91 Å². The number of hydrogen-bond acceptors (Lipinski definition) is 3. The number of amides is 1. The largest absolute Gasteiger partial charge is 0.336 e. The lowest BCUT2D eigenvalue weighted by Gasteiger charge is -2.15. The summed E-state index contributed by atoms with van der Waals surface area (Å²) in [5.74, 6) is 0.0323. The highest BCUT2D eigenvalue weighted by Gasteiger charge is 2.10. The molecule has 0 spiro atoms. The Bertz CT molecular complexity index is 424. The predicted octanol–water partition coefficient (Wildman–Crippen LogP) is 1.69. The Labute approximate surface area is 114 Å². The fraction of sp³-hybridized carbons (Fsp3) is 0.467. The van der Waals surface area contributed by atoms with Gasteiger partial charge in [0.1, 0.15) is 0 Å². The average Bonchev–Trinajstić information content (AvgIpc) is 2.93. The van der Waals surface area contributed by atoms with Crippen LogP contribution in [0.5, 0.6) is 0 Å². The lowest BCUT2D eigenvalue weighted by atomic mass is 10.3. The Hall–Kier alpha value is -1.68. The van der Waals surface area contributed by atoms with Crippen molar-refractivity contribution in [3.63, 3.8) is 0 Å². The summed E-state index contributed by atoms with van der Waals surface area (Å²) in [5.41, 5.74) is 0.909. The second-order valence-corrected chi connectivity index (χ2v) is 4.93. The van der Waals surface area contributed by atoms with Gasteiger partial charge in [0.25, 0.3) is 0 Å². The van der Waals surface area contributed by atoms with Crippen molar-refractivity contribution in [2.75, 3.05) is 26.7 Å². The molecule has 0 saturated carbocycles. The van der Waals surface area contributed by atoms with Crippen LogP contribution >= 0.6 is 0 Å². The van der Waals surface area contributed by atoms with E-state index in [0.717, 1.165) is 25.3 Å². The summed E-state index contributed by atoms with van der Waals surface area (Å²) in [6, 6.07) is 5.74. The molecule has 1 aliphatic heterocycles. The van der Waals surface area contributed by atoms with Gasteiger partial charge in [-0.2, -0.15) is 0 Å². The molecular weight excluding hydrogens is 238 g/mol. The maximum atomic E-state index is 11.9. The predicted molar refractivity (Wildman–Crippen MR) is 75.5 cm³/mol. The third kappa shape index (κ3) is 4.48. The van der Waals surface area contributed by atoms with E-state index < -0.39 is 0 Å². The Morgan fingerprint density at radius 2 is 2.21 bits per heavy atom. The molecule has 0 unspecified atom stereocenters. The van der Waals surface area contributed by atoms with E-state index in [1.807, 2.05) is 24.3 Å². The van der Waals surface area contributed by atoms with Crippen LogP contribution in [-0.4, -0.2) is 47.4 Å². The number of rotatable bonds is 5.